The van der Waals surface area contributed by atoms with Crippen LogP contribution in [0.2, 0.25) is 0 Å². The highest BCUT2D eigenvalue weighted by Gasteiger charge is 2.18. The van der Waals surface area contributed by atoms with E-state index in [4.69, 9.17) is 15.2 Å². The molecule has 0 aliphatic carbocycles. The van der Waals surface area contributed by atoms with Crippen LogP contribution < -0.4 is 10.5 Å². The maximum absolute atomic E-state index is 11.7. The Labute approximate surface area is 108 Å². The van der Waals surface area contributed by atoms with Gasteiger partial charge in [0.05, 0.1) is 18.4 Å². The third kappa shape index (κ3) is 4.53. The number of carbonyl (C=O) groups excluding carboxylic acids is 1. The third-order valence-electron chi connectivity index (χ3n) is 1.87. The maximum atomic E-state index is 11.7. The summed E-state index contributed by atoms with van der Waals surface area (Å²) in [6, 6.07) is 4.81. The van der Waals surface area contributed by atoms with Crippen molar-refractivity contribution in [2.24, 2.45) is 0 Å². The predicted octanol–water partition coefficient (Wildman–Crippen LogP) is 2.65. The molecule has 5 heteroatoms. The molecule has 0 spiro atoms. The largest absolute Gasteiger partial charge is 0.495 e. The SMILES string of the molecule is COc1cc(C(=O)OC(C)(C)C)ccc1N.Cl. The Morgan fingerprint density at radius 2 is 1.88 bits per heavy atom. The first-order chi connectivity index (χ1) is 7.33. The number of methoxy groups -OCH3 is 1. The number of esters is 1. The first-order valence-electron chi connectivity index (χ1n) is 5.00. The maximum Gasteiger partial charge on any atom is 0.338 e. The Bertz CT molecular complexity index is 399. The number of nitrogen functional groups attached to an aromatic ring is 1. The molecule has 0 aliphatic rings. The number of halogens is 1. The van der Waals surface area contributed by atoms with E-state index in [2.05, 4.69) is 0 Å². The van der Waals surface area contributed by atoms with E-state index in [1.54, 1.807) is 18.2 Å². The van der Waals surface area contributed by atoms with E-state index < -0.39 is 5.60 Å². The third-order valence-corrected chi connectivity index (χ3v) is 1.87. The second-order valence-corrected chi connectivity index (χ2v) is 4.46. The van der Waals surface area contributed by atoms with Crippen molar-refractivity contribution in [1.82, 2.24) is 0 Å². The van der Waals surface area contributed by atoms with Crippen molar-refractivity contribution in [3.63, 3.8) is 0 Å². The van der Waals surface area contributed by atoms with Crippen LogP contribution in [0.25, 0.3) is 0 Å². The fraction of sp³-hybridized carbons (Fsp3) is 0.417. The summed E-state index contributed by atoms with van der Waals surface area (Å²) in [6.45, 7) is 5.46. The minimum atomic E-state index is -0.508. The topological polar surface area (TPSA) is 61.5 Å². The van der Waals surface area contributed by atoms with Gasteiger partial charge < -0.3 is 15.2 Å². The summed E-state index contributed by atoms with van der Waals surface area (Å²) in [5.74, 6) is 0.0918. The van der Waals surface area contributed by atoms with Crippen molar-refractivity contribution < 1.29 is 14.3 Å². The molecule has 0 saturated heterocycles. The van der Waals surface area contributed by atoms with Gasteiger partial charge in [0, 0.05) is 0 Å². The Hall–Kier alpha value is -1.42. The first-order valence-corrected chi connectivity index (χ1v) is 5.00. The van der Waals surface area contributed by atoms with Crippen LogP contribution in [0.5, 0.6) is 5.75 Å². The molecule has 0 atom stereocenters. The van der Waals surface area contributed by atoms with Gasteiger partial charge in [-0.2, -0.15) is 0 Å². The molecule has 0 heterocycles. The highest BCUT2D eigenvalue weighted by atomic mass is 35.5. The van der Waals surface area contributed by atoms with Gasteiger partial charge in [0.15, 0.2) is 0 Å². The Kier molecular flexibility index (Phi) is 5.29. The molecule has 0 unspecified atom stereocenters. The van der Waals surface area contributed by atoms with E-state index in [-0.39, 0.29) is 18.4 Å². The Balaban J connectivity index is 0.00000256. The molecule has 1 aromatic carbocycles. The van der Waals surface area contributed by atoms with Gasteiger partial charge >= 0.3 is 5.97 Å². The predicted molar refractivity (Wildman–Crippen MR) is 69.8 cm³/mol. The summed E-state index contributed by atoms with van der Waals surface area (Å²) in [5.41, 5.74) is 6.07. The van der Waals surface area contributed by atoms with Crippen molar-refractivity contribution in [3.8, 4) is 5.75 Å². The summed E-state index contributed by atoms with van der Waals surface area (Å²) in [5, 5.41) is 0. The standard InChI is InChI=1S/C12H17NO3.ClH/c1-12(2,3)16-11(14)8-5-6-9(13)10(7-8)15-4;/h5-7H,13H2,1-4H3;1H. The number of nitrogens with two attached hydrogens (primary N) is 1. The van der Waals surface area contributed by atoms with E-state index in [1.807, 2.05) is 20.8 Å². The van der Waals surface area contributed by atoms with Crippen LogP contribution in [0.1, 0.15) is 31.1 Å². The Morgan fingerprint density at radius 3 is 2.35 bits per heavy atom. The smallest absolute Gasteiger partial charge is 0.338 e. The number of ether oxygens (including phenoxy) is 2. The summed E-state index contributed by atoms with van der Waals surface area (Å²) >= 11 is 0. The molecule has 4 nitrogen and oxygen atoms in total. The van der Waals surface area contributed by atoms with Gasteiger partial charge in [0.1, 0.15) is 11.4 Å². The lowest BCUT2D eigenvalue weighted by molar-refractivity contribution is 0.00692. The van der Waals surface area contributed by atoms with E-state index in [1.165, 1.54) is 7.11 Å². The molecule has 1 aromatic rings. The van der Waals surface area contributed by atoms with Gasteiger partial charge in [-0.1, -0.05) is 0 Å². The molecule has 2 N–H and O–H groups in total. The fourth-order valence-electron chi connectivity index (χ4n) is 1.18. The zero-order valence-corrected chi connectivity index (χ0v) is 11.3. The number of anilines is 1. The number of hydrogen-bond donors (Lipinski definition) is 1. The zero-order chi connectivity index (χ0) is 12.3. The second kappa shape index (κ2) is 5.77. The molecule has 0 fully saturated rings. The molecular weight excluding hydrogens is 242 g/mol. The summed E-state index contributed by atoms with van der Waals surface area (Å²) in [4.78, 5) is 11.7. The van der Waals surface area contributed by atoms with Crippen molar-refractivity contribution in [2.75, 3.05) is 12.8 Å². The molecule has 0 saturated carbocycles. The van der Waals surface area contributed by atoms with E-state index in [0.29, 0.717) is 17.0 Å². The summed E-state index contributed by atoms with van der Waals surface area (Å²) < 4.78 is 10.3. The zero-order valence-electron chi connectivity index (χ0n) is 10.4. The van der Waals surface area contributed by atoms with Crippen molar-refractivity contribution >= 4 is 24.1 Å². The first kappa shape index (κ1) is 15.6. The van der Waals surface area contributed by atoms with E-state index in [9.17, 15) is 4.79 Å². The number of carbonyl (C=O) groups is 1. The fourth-order valence-corrected chi connectivity index (χ4v) is 1.18. The van der Waals surface area contributed by atoms with Crippen molar-refractivity contribution in [2.45, 2.75) is 26.4 Å². The van der Waals surface area contributed by atoms with Crippen LogP contribution in [0.4, 0.5) is 5.69 Å². The quantitative estimate of drug-likeness (QED) is 0.655. The second-order valence-electron chi connectivity index (χ2n) is 4.46. The summed E-state index contributed by atoms with van der Waals surface area (Å²) in [7, 11) is 1.50. The van der Waals surface area contributed by atoms with Crippen LogP contribution in [0.15, 0.2) is 18.2 Å². The summed E-state index contributed by atoms with van der Waals surface area (Å²) in [6.07, 6.45) is 0. The van der Waals surface area contributed by atoms with Gasteiger partial charge in [-0.3, -0.25) is 0 Å². The number of rotatable bonds is 2. The highest BCUT2D eigenvalue weighted by Crippen LogP contribution is 2.23. The van der Waals surface area contributed by atoms with Crippen LogP contribution >= 0.6 is 12.4 Å². The lowest BCUT2D eigenvalue weighted by Gasteiger charge is -2.19. The molecule has 1 rings (SSSR count). The monoisotopic (exact) mass is 259 g/mol. The van der Waals surface area contributed by atoms with Crippen LogP contribution in [0.3, 0.4) is 0 Å². The van der Waals surface area contributed by atoms with Crippen molar-refractivity contribution in [1.29, 1.82) is 0 Å². The van der Waals surface area contributed by atoms with E-state index >= 15 is 0 Å². The molecule has 17 heavy (non-hydrogen) atoms. The van der Waals surface area contributed by atoms with Crippen molar-refractivity contribution in [3.05, 3.63) is 23.8 Å². The number of benzene rings is 1. The Morgan fingerprint density at radius 1 is 1.29 bits per heavy atom. The minimum absolute atomic E-state index is 0. The lowest BCUT2D eigenvalue weighted by atomic mass is 10.1. The molecular formula is C12H18ClNO3. The van der Waals surface area contributed by atoms with Crippen LogP contribution in [0, 0.1) is 0 Å². The molecule has 0 aliphatic heterocycles. The van der Waals surface area contributed by atoms with Crippen LogP contribution in [-0.4, -0.2) is 18.7 Å². The average Bonchev–Trinajstić information content (AvgIpc) is 2.15. The lowest BCUT2D eigenvalue weighted by Crippen LogP contribution is -2.23. The van der Waals surface area contributed by atoms with Gasteiger partial charge in [-0.25, -0.2) is 4.79 Å². The molecule has 96 valence electrons. The average molecular weight is 260 g/mol. The number of hydrogen-bond acceptors (Lipinski definition) is 4. The normalized spacial score (nSPS) is 10.4. The van der Waals surface area contributed by atoms with Gasteiger partial charge in [-0.15, -0.1) is 12.4 Å². The molecule has 0 amide bonds. The molecule has 0 aromatic heterocycles. The molecule has 0 bridgehead atoms. The minimum Gasteiger partial charge on any atom is -0.495 e. The highest BCUT2D eigenvalue weighted by molar-refractivity contribution is 5.91. The van der Waals surface area contributed by atoms with E-state index in [0.717, 1.165) is 0 Å². The van der Waals surface area contributed by atoms with Gasteiger partial charge in [-0.05, 0) is 39.0 Å². The van der Waals surface area contributed by atoms with Gasteiger partial charge in [0.25, 0.3) is 0 Å². The molecule has 0 radical (unpaired) electrons. The van der Waals surface area contributed by atoms with Crippen LogP contribution in [-0.2, 0) is 4.74 Å². The van der Waals surface area contributed by atoms with Gasteiger partial charge in [0.2, 0.25) is 0 Å².